The maximum Gasteiger partial charge on any atom is 0.326 e. The maximum atomic E-state index is 13.7. The number of amides is 8. The molecular weight excluding hydrogens is 919 g/mol. The zero-order valence-corrected chi connectivity index (χ0v) is 37.4. The smallest absolute Gasteiger partial charge is 0.326 e. The third-order valence-corrected chi connectivity index (χ3v) is 10.5. The van der Waals surface area contributed by atoms with Crippen LogP contribution in [0.3, 0.4) is 0 Å². The molecule has 0 saturated carbocycles. The number of hydrogen-bond acceptors (Lipinski definition) is 16. The number of nitrogens with zero attached hydrogens (tertiary/aromatic N) is 2. The molecule has 8 amide bonds. The lowest BCUT2D eigenvalue weighted by atomic mass is 10.1. The van der Waals surface area contributed by atoms with Crippen LogP contribution in [0.25, 0.3) is 0 Å². The van der Waals surface area contributed by atoms with Crippen LogP contribution in [0.2, 0.25) is 0 Å². The highest BCUT2D eigenvalue weighted by atomic mass is 16.4. The SMILES string of the molecule is CC(NC(=O)C(N)CCC(=O)O)C(=O)NC(CC(=O)O)C(=O)N1CCCC1C(=O)NC(C(=O)NCC(=O)NC(Cc1cnc[nH]1)C(=O)NC(CO)C(=O)NC(Cc1ccc(O)cc1)C(=O)O)C(C)O. The number of carbonyl (C=O) groups excluding carboxylic acids is 8. The number of carbonyl (C=O) groups is 11. The van der Waals surface area contributed by atoms with Gasteiger partial charge in [-0.2, -0.15) is 0 Å². The fraction of sp³-hybridized carbons (Fsp3) is 0.512. The second-order valence-corrected chi connectivity index (χ2v) is 16.0. The van der Waals surface area contributed by atoms with E-state index in [1.807, 2.05) is 0 Å². The molecule has 378 valence electrons. The number of nitrogens with one attached hydrogen (secondary N) is 8. The topological polar surface area (TPSA) is 451 Å². The van der Waals surface area contributed by atoms with Crippen LogP contribution in [-0.2, 0) is 65.6 Å². The van der Waals surface area contributed by atoms with Crippen molar-refractivity contribution in [3.63, 3.8) is 0 Å². The number of aliphatic carboxylic acids is 3. The highest BCUT2D eigenvalue weighted by molar-refractivity contribution is 5.98. The molecule has 2 heterocycles. The number of aromatic nitrogens is 2. The number of imidazole rings is 1. The van der Waals surface area contributed by atoms with Crippen molar-refractivity contribution in [1.29, 1.82) is 0 Å². The normalized spacial score (nSPS) is 16.7. The number of likely N-dealkylation sites (tertiary alicyclic amines) is 1. The number of nitrogens with two attached hydrogens (primary N) is 1. The van der Waals surface area contributed by atoms with E-state index in [1.54, 1.807) is 0 Å². The summed E-state index contributed by atoms with van der Waals surface area (Å²) in [6, 6.07) is -6.76. The number of aliphatic hydroxyl groups is 2. The molecule has 0 aliphatic carbocycles. The first-order valence-electron chi connectivity index (χ1n) is 21.4. The molecule has 1 aliphatic heterocycles. The maximum absolute atomic E-state index is 13.7. The van der Waals surface area contributed by atoms with Crippen molar-refractivity contribution >= 4 is 65.2 Å². The number of aliphatic hydroxyl groups excluding tert-OH is 2. The Morgan fingerprint density at radius 3 is 2.00 bits per heavy atom. The van der Waals surface area contributed by atoms with Gasteiger partial charge in [0.1, 0.15) is 48.0 Å². The monoisotopic (exact) mass is 975 g/mol. The number of carboxylic acids is 3. The third kappa shape index (κ3) is 17.8. The van der Waals surface area contributed by atoms with Crippen LogP contribution in [0.15, 0.2) is 36.8 Å². The Bertz CT molecular complexity index is 2170. The third-order valence-electron chi connectivity index (χ3n) is 10.5. The Morgan fingerprint density at radius 1 is 0.783 bits per heavy atom. The molecule has 3 rings (SSSR count). The van der Waals surface area contributed by atoms with Crippen LogP contribution < -0.4 is 43.0 Å². The molecule has 1 saturated heterocycles. The lowest BCUT2D eigenvalue weighted by Gasteiger charge is -2.30. The van der Waals surface area contributed by atoms with E-state index in [-0.39, 0.29) is 44.4 Å². The molecule has 1 aromatic carbocycles. The molecule has 1 aromatic heterocycles. The molecule has 28 nitrogen and oxygen atoms in total. The van der Waals surface area contributed by atoms with E-state index in [2.05, 4.69) is 47.2 Å². The minimum Gasteiger partial charge on any atom is -0.508 e. The van der Waals surface area contributed by atoms with Crippen LogP contribution >= 0.6 is 0 Å². The molecule has 1 aliphatic rings. The first-order valence-corrected chi connectivity index (χ1v) is 21.4. The zero-order valence-electron chi connectivity index (χ0n) is 37.4. The zero-order chi connectivity index (χ0) is 51.5. The van der Waals surface area contributed by atoms with Gasteiger partial charge >= 0.3 is 17.9 Å². The summed E-state index contributed by atoms with van der Waals surface area (Å²) in [6.45, 7) is 0.376. The summed E-state index contributed by atoms with van der Waals surface area (Å²) in [6.07, 6.45) is -0.948. The van der Waals surface area contributed by atoms with Crippen LogP contribution in [0.5, 0.6) is 5.75 Å². The molecule has 9 atom stereocenters. The van der Waals surface area contributed by atoms with Gasteiger partial charge in [0.25, 0.3) is 0 Å². The molecule has 0 radical (unpaired) electrons. The summed E-state index contributed by atoms with van der Waals surface area (Å²) in [5.41, 5.74) is 6.42. The summed E-state index contributed by atoms with van der Waals surface area (Å²) in [7, 11) is 0. The van der Waals surface area contributed by atoms with Crippen LogP contribution in [-0.4, -0.2) is 185 Å². The predicted octanol–water partition coefficient (Wildman–Crippen LogP) is -5.94. The fourth-order valence-electron chi connectivity index (χ4n) is 6.78. The summed E-state index contributed by atoms with van der Waals surface area (Å²) < 4.78 is 0. The van der Waals surface area contributed by atoms with E-state index in [0.717, 1.165) is 11.8 Å². The van der Waals surface area contributed by atoms with Gasteiger partial charge in [-0.25, -0.2) is 9.78 Å². The molecule has 9 unspecified atom stereocenters. The van der Waals surface area contributed by atoms with E-state index >= 15 is 0 Å². The van der Waals surface area contributed by atoms with Gasteiger partial charge in [-0.05, 0) is 50.8 Å². The molecule has 28 heteroatoms. The average Bonchev–Trinajstić information content (AvgIpc) is 4.01. The quantitative estimate of drug-likeness (QED) is 0.0396. The van der Waals surface area contributed by atoms with Crippen LogP contribution in [0, 0.1) is 0 Å². The largest absolute Gasteiger partial charge is 0.508 e. The molecule has 0 spiro atoms. The van der Waals surface area contributed by atoms with Crippen molar-refractivity contribution in [2.75, 3.05) is 19.7 Å². The summed E-state index contributed by atoms with van der Waals surface area (Å²) in [5, 5.41) is 73.9. The number of carboxylic acid groups (broad SMARTS) is 3. The molecule has 0 bridgehead atoms. The number of phenolic OH excluding ortho intramolecular Hbond substituents is 1. The van der Waals surface area contributed by atoms with Gasteiger partial charge < -0.3 is 83.5 Å². The number of hydrogen-bond donors (Lipinski definition) is 15. The summed E-state index contributed by atoms with van der Waals surface area (Å²) in [4.78, 5) is 148. The van der Waals surface area contributed by atoms with Gasteiger partial charge in [0.05, 0.1) is 38.0 Å². The Balaban J connectivity index is 1.65. The van der Waals surface area contributed by atoms with Crippen molar-refractivity contribution in [3.05, 3.63) is 48.0 Å². The minimum absolute atomic E-state index is 0.00108. The first-order chi connectivity index (χ1) is 32.5. The van der Waals surface area contributed by atoms with Gasteiger partial charge in [0.2, 0.25) is 47.3 Å². The molecule has 69 heavy (non-hydrogen) atoms. The molecular formula is C41H57N11O17. The first kappa shape index (κ1) is 55.6. The van der Waals surface area contributed by atoms with Crippen molar-refractivity contribution in [3.8, 4) is 5.75 Å². The Kier molecular flexibility index (Phi) is 21.4. The van der Waals surface area contributed by atoms with Gasteiger partial charge in [0.15, 0.2) is 0 Å². The van der Waals surface area contributed by atoms with E-state index in [0.29, 0.717) is 11.3 Å². The second kappa shape index (κ2) is 26.6. The second-order valence-electron chi connectivity index (χ2n) is 16.0. The van der Waals surface area contributed by atoms with Crippen molar-refractivity contribution in [1.82, 2.24) is 52.1 Å². The van der Waals surface area contributed by atoms with Gasteiger partial charge in [-0.3, -0.25) is 47.9 Å². The lowest BCUT2D eigenvalue weighted by Crippen LogP contribution is -2.60. The fourth-order valence-corrected chi connectivity index (χ4v) is 6.78. The van der Waals surface area contributed by atoms with E-state index in [4.69, 9.17) is 10.8 Å². The van der Waals surface area contributed by atoms with Gasteiger partial charge in [0, 0.05) is 37.7 Å². The van der Waals surface area contributed by atoms with E-state index < -0.39 is 146 Å². The Hall–Kier alpha value is -7.72. The minimum atomic E-state index is -1.75. The molecule has 16 N–H and O–H groups in total. The predicted molar refractivity (Wildman–Crippen MR) is 233 cm³/mol. The van der Waals surface area contributed by atoms with Gasteiger partial charge in [-0.1, -0.05) is 12.1 Å². The van der Waals surface area contributed by atoms with E-state index in [9.17, 15) is 78.3 Å². The highest BCUT2D eigenvalue weighted by Gasteiger charge is 2.41. The molecule has 2 aromatic rings. The highest BCUT2D eigenvalue weighted by Crippen LogP contribution is 2.20. The van der Waals surface area contributed by atoms with Crippen molar-refractivity contribution in [2.24, 2.45) is 5.73 Å². The van der Waals surface area contributed by atoms with Crippen LogP contribution in [0.4, 0.5) is 0 Å². The van der Waals surface area contributed by atoms with E-state index in [1.165, 1.54) is 43.7 Å². The average molecular weight is 976 g/mol. The Morgan fingerprint density at radius 2 is 1.42 bits per heavy atom. The van der Waals surface area contributed by atoms with Crippen molar-refractivity contribution in [2.45, 2.75) is 113 Å². The molecule has 1 fully saturated rings. The van der Waals surface area contributed by atoms with Crippen molar-refractivity contribution < 1.29 is 83.4 Å². The van der Waals surface area contributed by atoms with Crippen LogP contribution in [0.1, 0.15) is 57.2 Å². The number of phenols is 1. The summed E-state index contributed by atoms with van der Waals surface area (Å²) in [5.74, 6) is -12.4. The number of aromatic hydroxyl groups is 1. The standard InChI is InChI=1S/C41H57N11O17/c1-19(46-35(62)24(42)9-10-31(57)58)34(61)48-26(14-32(59)60)40(67)52-11-3-4-29(52)38(65)51-33(20(2)54)39(66)44-16-30(56)47-25(13-22-15-43-18-45-22)36(63)50-28(17-53)37(64)49-27(41(68)69)12-21-5-7-23(55)8-6-21/h5-8,15,18-20,24-29,33,53-55H,3-4,9-14,16-17,42H2,1-2H3,(H,43,45)(H,44,66)(H,46,62)(H,47,56)(H,48,61)(H,49,64)(H,50,63)(H,51,65)(H,57,58)(H,59,60)(H,68,69). The Labute approximate surface area is 392 Å². The lowest BCUT2D eigenvalue weighted by molar-refractivity contribution is -0.146. The van der Waals surface area contributed by atoms with Gasteiger partial charge in [-0.15, -0.1) is 0 Å². The summed E-state index contributed by atoms with van der Waals surface area (Å²) >= 11 is 0. The number of rotatable bonds is 27. The number of H-pyrrole nitrogens is 1. The number of benzene rings is 1. The number of aromatic amines is 1.